The summed E-state index contributed by atoms with van der Waals surface area (Å²) >= 11 is 0. The number of hydrogen-bond acceptors (Lipinski definition) is 4. The molecule has 0 aliphatic rings. The molecule has 27 heavy (non-hydrogen) atoms. The summed E-state index contributed by atoms with van der Waals surface area (Å²) in [6, 6.07) is 15.2. The van der Waals surface area contributed by atoms with Crippen molar-refractivity contribution in [2.45, 2.75) is 52.4 Å². The Kier molecular flexibility index (Phi) is 10.2. The molecule has 0 aromatic heterocycles. The van der Waals surface area contributed by atoms with Crippen molar-refractivity contribution >= 4 is 12.4 Å². The number of hydrogen-bond donors (Lipinski definition) is 2. The van der Waals surface area contributed by atoms with Crippen molar-refractivity contribution in [3.63, 3.8) is 0 Å². The minimum atomic E-state index is -0.567. The maximum Gasteiger partial charge on any atom is 0.161 e. The van der Waals surface area contributed by atoms with Gasteiger partial charge in [-0.15, -0.1) is 12.4 Å². The molecule has 0 spiro atoms. The van der Waals surface area contributed by atoms with Crippen LogP contribution in [0.5, 0.6) is 11.5 Å². The molecular weight excluding hydrogens is 362 g/mol. The number of aliphatic hydroxyl groups excluding tert-OH is 1. The highest BCUT2D eigenvalue weighted by Gasteiger charge is 2.19. The topological polar surface area (TPSA) is 64.7 Å². The number of aliphatic hydroxyl groups is 1. The van der Waals surface area contributed by atoms with Gasteiger partial charge >= 0.3 is 0 Å². The predicted molar refractivity (Wildman–Crippen MR) is 113 cm³/mol. The van der Waals surface area contributed by atoms with Crippen LogP contribution in [-0.2, 0) is 6.61 Å². The normalized spacial score (nSPS) is 13.0. The van der Waals surface area contributed by atoms with Gasteiger partial charge in [-0.05, 0) is 48.9 Å². The summed E-state index contributed by atoms with van der Waals surface area (Å²) in [5.74, 6) is 1.89. The smallest absolute Gasteiger partial charge is 0.161 e. The Bertz CT molecular complexity index is 664. The van der Waals surface area contributed by atoms with Gasteiger partial charge in [0.05, 0.1) is 18.8 Å². The zero-order valence-corrected chi connectivity index (χ0v) is 17.2. The van der Waals surface area contributed by atoms with Crippen LogP contribution in [-0.4, -0.2) is 17.8 Å². The summed E-state index contributed by atoms with van der Waals surface area (Å²) in [5, 5.41) is 10.4. The summed E-state index contributed by atoms with van der Waals surface area (Å²) in [6.45, 7) is 7.24. The molecule has 5 heteroatoms. The lowest BCUT2D eigenvalue weighted by Gasteiger charge is -2.21. The van der Waals surface area contributed by atoms with Gasteiger partial charge in [0.25, 0.3) is 0 Å². The van der Waals surface area contributed by atoms with E-state index in [1.807, 2.05) is 55.5 Å². The van der Waals surface area contributed by atoms with Gasteiger partial charge in [0.1, 0.15) is 6.61 Å². The molecule has 0 heterocycles. The van der Waals surface area contributed by atoms with Crippen molar-refractivity contribution in [1.29, 1.82) is 0 Å². The first-order valence-corrected chi connectivity index (χ1v) is 9.38. The van der Waals surface area contributed by atoms with Crippen LogP contribution in [0, 0.1) is 5.92 Å². The second kappa shape index (κ2) is 11.9. The molecule has 2 rings (SSSR count). The van der Waals surface area contributed by atoms with Crippen LogP contribution >= 0.6 is 12.4 Å². The maximum atomic E-state index is 10.4. The van der Waals surface area contributed by atoms with Crippen LogP contribution in [0.15, 0.2) is 48.5 Å². The van der Waals surface area contributed by atoms with E-state index >= 15 is 0 Å². The Balaban J connectivity index is 0.00000364. The first-order valence-electron chi connectivity index (χ1n) is 9.38. The molecule has 150 valence electrons. The molecule has 2 atom stereocenters. The maximum absolute atomic E-state index is 10.4. The van der Waals surface area contributed by atoms with Gasteiger partial charge in [-0.3, -0.25) is 0 Å². The van der Waals surface area contributed by atoms with Crippen LogP contribution in [0.1, 0.15) is 50.8 Å². The second-order valence-electron chi connectivity index (χ2n) is 6.98. The first-order chi connectivity index (χ1) is 12.5. The van der Waals surface area contributed by atoms with E-state index < -0.39 is 12.1 Å². The number of ether oxygens (including phenoxy) is 2. The standard InChI is InChI=1S/C22H31NO3.ClH/c1-4-25-21-14-18(22(23)19(24)12-10-16(2)3)11-13-20(21)26-15-17-8-6-5-7-9-17;/h5-9,11,13-14,16,19,22,24H,4,10,12,15,23H2,1-3H3;1H/t19-,22+;/m1./s1. The second-order valence-corrected chi connectivity index (χ2v) is 6.98. The van der Waals surface area contributed by atoms with E-state index in [0.29, 0.717) is 37.1 Å². The molecule has 2 aromatic rings. The summed E-state index contributed by atoms with van der Waals surface area (Å²) < 4.78 is 11.7. The van der Waals surface area contributed by atoms with Crippen molar-refractivity contribution in [2.24, 2.45) is 11.7 Å². The van der Waals surface area contributed by atoms with Gasteiger partial charge in [-0.25, -0.2) is 0 Å². The van der Waals surface area contributed by atoms with Crippen molar-refractivity contribution in [3.8, 4) is 11.5 Å². The number of nitrogens with two attached hydrogens (primary N) is 1. The largest absolute Gasteiger partial charge is 0.490 e. The Morgan fingerprint density at radius 1 is 0.963 bits per heavy atom. The van der Waals surface area contributed by atoms with E-state index in [9.17, 15) is 5.11 Å². The summed E-state index contributed by atoms with van der Waals surface area (Å²) in [6.07, 6.45) is 1.07. The fourth-order valence-electron chi connectivity index (χ4n) is 2.76. The summed E-state index contributed by atoms with van der Waals surface area (Å²) in [7, 11) is 0. The summed E-state index contributed by atoms with van der Waals surface area (Å²) in [5.41, 5.74) is 8.21. The minimum Gasteiger partial charge on any atom is -0.490 e. The predicted octanol–water partition coefficient (Wildman–Crippen LogP) is 4.88. The van der Waals surface area contributed by atoms with Gasteiger partial charge in [-0.1, -0.05) is 50.2 Å². The van der Waals surface area contributed by atoms with Crippen LogP contribution in [0.4, 0.5) is 0 Å². The van der Waals surface area contributed by atoms with Crippen LogP contribution < -0.4 is 15.2 Å². The van der Waals surface area contributed by atoms with Crippen LogP contribution in [0.25, 0.3) is 0 Å². The lowest BCUT2D eigenvalue weighted by molar-refractivity contribution is 0.128. The van der Waals surface area contributed by atoms with Gasteiger partial charge in [0.2, 0.25) is 0 Å². The molecule has 0 radical (unpaired) electrons. The van der Waals surface area contributed by atoms with E-state index in [1.54, 1.807) is 0 Å². The fraction of sp³-hybridized carbons (Fsp3) is 0.455. The lowest BCUT2D eigenvalue weighted by atomic mass is 9.96. The highest BCUT2D eigenvalue weighted by atomic mass is 35.5. The van der Waals surface area contributed by atoms with Crippen molar-refractivity contribution in [3.05, 3.63) is 59.7 Å². The third-order valence-electron chi connectivity index (χ3n) is 4.34. The molecule has 2 aromatic carbocycles. The number of benzene rings is 2. The van der Waals surface area contributed by atoms with Crippen molar-refractivity contribution in [1.82, 2.24) is 0 Å². The Labute approximate surface area is 169 Å². The minimum absolute atomic E-state index is 0. The van der Waals surface area contributed by atoms with Crippen LogP contribution in [0.2, 0.25) is 0 Å². The third kappa shape index (κ3) is 7.41. The zero-order valence-electron chi connectivity index (χ0n) is 16.4. The van der Waals surface area contributed by atoms with Gasteiger partial charge in [0.15, 0.2) is 11.5 Å². The van der Waals surface area contributed by atoms with Gasteiger partial charge in [-0.2, -0.15) is 0 Å². The van der Waals surface area contributed by atoms with Gasteiger partial charge in [0, 0.05) is 0 Å². The SMILES string of the molecule is CCOc1cc([C@H](N)[C@H](O)CCC(C)C)ccc1OCc1ccccc1.Cl. The van der Waals surface area contributed by atoms with E-state index in [4.69, 9.17) is 15.2 Å². The highest BCUT2D eigenvalue weighted by molar-refractivity contribution is 5.85. The molecule has 0 fully saturated rings. The Hall–Kier alpha value is -1.75. The average molecular weight is 394 g/mol. The molecule has 0 saturated carbocycles. The zero-order chi connectivity index (χ0) is 18.9. The molecule has 0 amide bonds. The monoisotopic (exact) mass is 393 g/mol. The lowest BCUT2D eigenvalue weighted by Crippen LogP contribution is -2.26. The van der Waals surface area contributed by atoms with E-state index in [-0.39, 0.29) is 12.4 Å². The number of halogens is 1. The highest BCUT2D eigenvalue weighted by Crippen LogP contribution is 2.32. The Morgan fingerprint density at radius 2 is 1.67 bits per heavy atom. The van der Waals surface area contributed by atoms with Crippen LogP contribution in [0.3, 0.4) is 0 Å². The average Bonchev–Trinajstić information content (AvgIpc) is 2.65. The summed E-state index contributed by atoms with van der Waals surface area (Å²) in [4.78, 5) is 0. The molecule has 0 aliphatic carbocycles. The molecule has 0 saturated heterocycles. The first kappa shape index (κ1) is 23.3. The fourth-order valence-corrected chi connectivity index (χ4v) is 2.76. The van der Waals surface area contributed by atoms with Crippen molar-refractivity contribution < 1.29 is 14.6 Å². The quantitative estimate of drug-likeness (QED) is 0.603. The molecule has 0 bridgehead atoms. The van der Waals surface area contributed by atoms with E-state index in [1.165, 1.54) is 0 Å². The van der Waals surface area contributed by atoms with E-state index in [0.717, 1.165) is 17.5 Å². The van der Waals surface area contributed by atoms with E-state index in [2.05, 4.69) is 13.8 Å². The molecular formula is C22H32ClNO3. The molecule has 3 N–H and O–H groups in total. The molecule has 0 aliphatic heterocycles. The molecule has 4 nitrogen and oxygen atoms in total. The van der Waals surface area contributed by atoms with Crippen molar-refractivity contribution in [2.75, 3.05) is 6.61 Å². The Morgan fingerprint density at radius 3 is 2.30 bits per heavy atom. The van der Waals surface area contributed by atoms with Gasteiger partial charge < -0.3 is 20.3 Å². The number of rotatable bonds is 10. The molecule has 0 unspecified atom stereocenters. The third-order valence-corrected chi connectivity index (χ3v) is 4.34.